The average molecular weight is 457 g/mol. The van der Waals surface area contributed by atoms with E-state index in [9.17, 15) is 4.79 Å². The first-order valence-corrected chi connectivity index (χ1v) is 11.3. The van der Waals surface area contributed by atoms with Gasteiger partial charge in [0.25, 0.3) is 0 Å². The Kier molecular flexibility index (Phi) is 6.83. The first kappa shape index (κ1) is 21.7. The molecule has 0 atom stereocenters. The SMILES string of the molecule is Cc1cc(NC2CCC(NC(=O)CNc3ccc(Cl)c(Cl)c3)CC2)nc2ccccc12. The van der Waals surface area contributed by atoms with Crippen molar-refractivity contribution in [2.45, 2.75) is 44.7 Å². The Morgan fingerprint density at radius 2 is 1.74 bits per heavy atom. The summed E-state index contributed by atoms with van der Waals surface area (Å²) >= 11 is 11.9. The molecular weight excluding hydrogens is 431 g/mol. The fraction of sp³-hybridized carbons (Fsp3) is 0.333. The van der Waals surface area contributed by atoms with E-state index in [0.717, 1.165) is 42.7 Å². The van der Waals surface area contributed by atoms with Crippen LogP contribution >= 0.6 is 23.2 Å². The van der Waals surface area contributed by atoms with E-state index in [4.69, 9.17) is 28.2 Å². The van der Waals surface area contributed by atoms with Gasteiger partial charge in [-0.05, 0) is 68.5 Å². The number of aromatic nitrogens is 1. The van der Waals surface area contributed by atoms with Crippen LogP contribution in [0.25, 0.3) is 10.9 Å². The lowest BCUT2D eigenvalue weighted by atomic mass is 9.91. The van der Waals surface area contributed by atoms with Crippen molar-refractivity contribution in [1.29, 1.82) is 0 Å². The molecule has 162 valence electrons. The van der Waals surface area contributed by atoms with Crippen molar-refractivity contribution in [3.05, 3.63) is 64.1 Å². The zero-order chi connectivity index (χ0) is 21.8. The summed E-state index contributed by atoms with van der Waals surface area (Å²) in [6, 6.07) is 16.1. The zero-order valence-corrected chi connectivity index (χ0v) is 18.9. The van der Waals surface area contributed by atoms with E-state index in [1.165, 1.54) is 10.9 Å². The Hall–Kier alpha value is -2.50. The molecule has 31 heavy (non-hydrogen) atoms. The van der Waals surface area contributed by atoms with Crippen molar-refractivity contribution >= 4 is 51.5 Å². The summed E-state index contributed by atoms with van der Waals surface area (Å²) in [4.78, 5) is 17.1. The molecule has 1 aliphatic carbocycles. The topological polar surface area (TPSA) is 66.0 Å². The van der Waals surface area contributed by atoms with Crippen molar-refractivity contribution in [2.24, 2.45) is 0 Å². The molecule has 0 aliphatic heterocycles. The van der Waals surface area contributed by atoms with Crippen LogP contribution in [0.3, 0.4) is 0 Å². The normalized spacial score (nSPS) is 18.5. The molecule has 1 heterocycles. The lowest BCUT2D eigenvalue weighted by molar-refractivity contribution is -0.120. The Balaban J connectivity index is 1.24. The van der Waals surface area contributed by atoms with Gasteiger partial charge in [-0.1, -0.05) is 41.4 Å². The Bertz CT molecular complexity index is 1080. The molecule has 0 unspecified atom stereocenters. The molecule has 1 aliphatic rings. The maximum atomic E-state index is 12.3. The Morgan fingerprint density at radius 3 is 2.52 bits per heavy atom. The van der Waals surface area contributed by atoms with Gasteiger partial charge in [-0.15, -0.1) is 0 Å². The number of halogens is 2. The minimum atomic E-state index is -0.0192. The number of hydrogen-bond donors (Lipinski definition) is 3. The van der Waals surface area contributed by atoms with Crippen molar-refractivity contribution in [3.63, 3.8) is 0 Å². The van der Waals surface area contributed by atoms with Crippen LogP contribution < -0.4 is 16.0 Å². The molecule has 0 radical (unpaired) electrons. The van der Waals surface area contributed by atoms with E-state index < -0.39 is 0 Å². The molecule has 1 aromatic heterocycles. The van der Waals surface area contributed by atoms with E-state index in [1.54, 1.807) is 18.2 Å². The van der Waals surface area contributed by atoms with E-state index in [2.05, 4.69) is 35.0 Å². The highest BCUT2D eigenvalue weighted by Crippen LogP contribution is 2.26. The Morgan fingerprint density at radius 1 is 1.00 bits per heavy atom. The number of carbonyl (C=O) groups is 1. The minimum absolute atomic E-state index is 0.0192. The number of nitrogens with one attached hydrogen (secondary N) is 3. The minimum Gasteiger partial charge on any atom is -0.376 e. The van der Waals surface area contributed by atoms with Gasteiger partial charge in [-0.25, -0.2) is 4.98 Å². The number of nitrogens with zero attached hydrogens (tertiary/aromatic N) is 1. The van der Waals surface area contributed by atoms with Crippen LogP contribution in [0.2, 0.25) is 10.0 Å². The third-order valence-corrected chi connectivity index (χ3v) is 6.48. The van der Waals surface area contributed by atoms with E-state index in [-0.39, 0.29) is 18.5 Å². The quantitative estimate of drug-likeness (QED) is 0.438. The number of amides is 1. The Labute approximate surface area is 192 Å². The lowest BCUT2D eigenvalue weighted by Gasteiger charge is -2.30. The number of anilines is 2. The molecule has 7 heteroatoms. The molecule has 0 spiro atoms. The number of para-hydroxylation sites is 1. The number of hydrogen-bond acceptors (Lipinski definition) is 4. The highest BCUT2D eigenvalue weighted by molar-refractivity contribution is 6.42. The van der Waals surface area contributed by atoms with Crippen LogP contribution in [-0.2, 0) is 4.79 Å². The molecule has 4 rings (SSSR count). The van der Waals surface area contributed by atoms with Gasteiger partial charge in [0.05, 0.1) is 22.1 Å². The second-order valence-electron chi connectivity index (χ2n) is 8.08. The summed E-state index contributed by atoms with van der Waals surface area (Å²) in [5, 5.41) is 12.0. The lowest BCUT2D eigenvalue weighted by Crippen LogP contribution is -2.42. The molecule has 2 aromatic carbocycles. The number of carbonyl (C=O) groups excluding carboxylic acids is 1. The van der Waals surface area contributed by atoms with Crippen molar-refractivity contribution in [1.82, 2.24) is 10.3 Å². The number of fused-ring (bicyclic) bond motifs is 1. The van der Waals surface area contributed by atoms with Gasteiger partial charge in [0.1, 0.15) is 5.82 Å². The molecule has 0 bridgehead atoms. The van der Waals surface area contributed by atoms with Crippen LogP contribution in [0, 0.1) is 6.92 Å². The average Bonchev–Trinajstić information content (AvgIpc) is 2.76. The van der Waals surface area contributed by atoms with Crippen LogP contribution in [-0.4, -0.2) is 29.5 Å². The molecule has 0 saturated heterocycles. The molecular formula is C24H26Cl2N4O. The smallest absolute Gasteiger partial charge is 0.239 e. The van der Waals surface area contributed by atoms with Crippen molar-refractivity contribution in [3.8, 4) is 0 Å². The summed E-state index contributed by atoms with van der Waals surface area (Å²) in [5.74, 6) is 0.906. The summed E-state index contributed by atoms with van der Waals surface area (Å²) < 4.78 is 0. The second kappa shape index (κ2) is 9.75. The zero-order valence-electron chi connectivity index (χ0n) is 17.4. The molecule has 5 nitrogen and oxygen atoms in total. The maximum absolute atomic E-state index is 12.3. The largest absolute Gasteiger partial charge is 0.376 e. The van der Waals surface area contributed by atoms with E-state index in [0.29, 0.717) is 16.1 Å². The van der Waals surface area contributed by atoms with Crippen LogP contribution in [0.5, 0.6) is 0 Å². The summed E-state index contributed by atoms with van der Waals surface area (Å²) in [6.07, 6.45) is 3.89. The first-order valence-electron chi connectivity index (χ1n) is 10.6. The third-order valence-electron chi connectivity index (χ3n) is 5.74. The molecule has 3 aromatic rings. The number of aryl methyl sites for hydroxylation is 1. The number of pyridine rings is 1. The van der Waals surface area contributed by atoms with Gasteiger partial charge >= 0.3 is 0 Å². The molecule has 3 N–H and O–H groups in total. The molecule has 1 amide bonds. The fourth-order valence-electron chi connectivity index (χ4n) is 4.08. The van der Waals surface area contributed by atoms with Gasteiger partial charge < -0.3 is 16.0 Å². The first-order chi connectivity index (χ1) is 15.0. The van der Waals surface area contributed by atoms with Crippen LogP contribution in [0.1, 0.15) is 31.2 Å². The second-order valence-corrected chi connectivity index (χ2v) is 8.90. The van der Waals surface area contributed by atoms with Gasteiger partial charge in [-0.3, -0.25) is 4.79 Å². The highest BCUT2D eigenvalue weighted by Gasteiger charge is 2.22. The van der Waals surface area contributed by atoms with Gasteiger partial charge in [0, 0.05) is 23.2 Å². The summed E-state index contributed by atoms with van der Waals surface area (Å²) in [7, 11) is 0. The van der Waals surface area contributed by atoms with Crippen LogP contribution in [0.4, 0.5) is 11.5 Å². The third kappa shape index (κ3) is 5.60. The number of rotatable bonds is 6. The molecule has 1 saturated carbocycles. The predicted octanol–water partition coefficient (Wildman–Crippen LogP) is 5.80. The van der Waals surface area contributed by atoms with Gasteiger partial charge in [0.2, 0.25) is 5.91 Å². The van der Waals surface area contributed by atoms with Gasteiger partial charge in [-0.2, -0.15) is 0 Å². The van der Waals surface area contributed by atoms with Gasteiger partial charge in [0.15, 0.2) is 0 Å². The van der Waals surface area contributed by atoms with E-state index >= 15 is 0 Å². The monoisotopic (exact) mass is 456 g/mol. The maximum Gasteiger partial charge on any atom is 0.239 e. The standard InChI is InChI=1S/C24H26Cl2N4O/c1-15-12-23(30-22-5-3-2-4-19(15)22)28-16-6-8-17(9-7-16)29-24(31)14-27-18-10-11-20(25)21(26)13-18/h2-5,10-13,16-17,27H,6-9,14H2,1H3,(H,28,30)(H,29,31). The van der Waals surface area contributed by atoms with E-state index in [1.807, 2.05) is 18.2 Å². The summed E-state index contributed by atoms with van der Waals surface area (Å²) in [6.45, 7) is 2.32. The van der Waals surface area contributed by atoms with Crippen molar-refractivity contribution in [2.75, 3.05) is 17.2 Å². The van der Waals surface area contributed by atoms with Crippen molar-refractivity contribution < 1.29 is 4.79 Å². The summed E-state index contributed by atoms with van der Waals surface area (Å²) in [5.41, 5.74) is 3.01. The molecule has 1 fully saturated rings. The number of benzene rings is 2. The van der Waals surface area contributed by atoms with Crippen LogP contribution in [0.15, 0.2) is 48.5 Å². The fourth-order valence-corrected chi connectivity index (χ4v) is 4.38. The highest BCUT2D eigenvalue weighted by atomic mass is 35.5. The predicted molar refractivity (Wildman–Crippen MR) is 129 cm³/mol.